The summed E-state index contributed by atoms with van der Waals surface area (Å²) in [4.78, 5) is 20.1. The first-order valence-corrected chi connectivity index (χ1v) is 6.05. The van der Waals surface area contributed by atoms with Crippen LogP contribution >= 0.6 is 0 Å². The first-order valence-electron chi connectivity index (χ1n) is 6.05. The highest BCUT2D eigenvalue weighted by molar-refractivity contribution is 5.92. The average Bonchev–Trinajstić information content (AvgIpc) is 2.98. The number of amides is 1. The summed E-state index contributed by atoms with van der Waals surface area (Å²) in [7, 11) is 0. The Morgan fingerprint density at radius 2 is 2.37 bits per heavy atom. The molecular weight excluding hydrogens is 246 g/mol. The maximum absolute atomic E-state index is 12.0. The molecule has 7 heteroatoms. The molecule has 2 aromatic rings. The molecular formula is C12H17N5O2. The first-order chi connectivity index (χ1) is 9.10. The zero-order valence-corrected chi connectivity index (χ0v) is 11.0. The van der Waals surface area contributed by atoms with Crippen molar-refractivity contribution in [1.82, 2.24) is 19.9 Å². The molecule has 1 unspecified atom stereocenters. The number of hydrogen-bond donors (Lipinski definition) is 2. The van der Waals surface area contributed by atoms with E-state index < -0.39 is 0 Å². The highest BCUT2D eigenvalue weighted by Crippen LogP contribution is 2.12. The van der Waals surface area contributed by atoms with Gasteiger partial charge in [0, 0.05) is 19.3 Å². The largest absolute Gasteiger partial charge is 0.444 e. The summed E-state index contributed by atoms with van der Waals surface area (Å²) in [6, 6.07) is -0.305. The van der Waals surface area contributed by atoms with Crippen LogP contribution in [-0.4, -0.2) is 27.0 Å². The highest BCUT2D eigenvalue weighted by Gasteiger charge is 2.17. The van der Waals surface area contributed by atoms with Crippen LogP contribution in [0.5, 0.6) is 0 Å². The standard InChI is InChI=1S/C12H17N5O2/c1-8-5-14-12(19-8)9(2)16-11(18)10-6-17(4-3-13)7-15-10/h5-7,9H,3-4,13H2,1-2H3,(H,16,18). The minimum absolute atomic E-state index is 0.265. The molecule has 0 saturated heterocycles. The molecule has 2 rings (SSSR count). The minimum Gasteiger partial charge on any atom is -0.444 e. The van der Waals surface area contributed by atoms with E-state index in [0.717, 1.165) is 0 Å². The van der Waals surface area contributed by atoms with E-state index in [-0.39, 0.29) is 11.9 Å². The predicted molar refractivity (Wildman–Crippen MR) is 68.4 cm³/mol. The normalized spacial score (nSPS) is 12.4. The van der Waals surface area contributed by atoms with E-state index >= 15 is 0 Å². The molecule has 1 amide bonds. The van der Waals surface area contributed by atoms with E-state index in [9.17, 15) is 4.79 Å². The van der Waals surface area contributed by atoms with Crippen molar-refractivity contribution in [3.05, 3.63) is 36.1 Å². The second-order valence-corrected chi connectivity index (χ2v) is 4.29. The van der Waals surface area contributed by atoms with Gasteiger partial charge in [0.2, 0.25) is 5.89 Å². The lowest BCUT2D eigenvalue weighted by atomic mass is 10.3. The molecule has 0 radical (unpaired) electrons. The van der Waals surface area contributed by atoms with Crippen LogP contribution in [0.2, 0.25) is 0 Å². The third-order valence-electron chi connectivity index (χ3n) is 2.61. The molecule has 0 aliphatic heterocycles. The van der Waals surface area contributed by atoms with Gasteiger partial charge in [0.15, 0.2) is 0 Å². The Hall–Kier alpha value is -2.15. The minimum atomic E-state index is -0.305. The number of oxazole rings is 1. The van der Waals surface area contributed by atoms with Crippen molar-refractivity contribution in [2.24, 2.45) is 5.73 Å². The number of nitrogens with one attached hydrogen (secondary N) is 1. The Morgan fingerprint density at radius 1 is 1.58 bits per heavy atom. The lowest BCUT2D eigenvalue weighted by Gasteiger charge is -2.08. The van der Waals surface area contributed by atoms with Crippen LogP contribution < -0.4 is 11.1 Å². The Morgan fingerprint density at radius 3 is 3.00 bits per heavy atom. The fourth-order valence-corrected chi connectivity index (χ4v) is 1.65. The summed E-state index contributed by atoms with van der Waals surface area (Å²) in [5.74, 6) is 0.926. The highest BCUT2D eigenvalue weighted by atomic mass is 16.4. The SMILES string of the molecule is Cc1cnc(C(C)NC(=O)c2cn(CCN)cn2)o1. The van der Waals surface area contributed by atoms with Crippen LogP contribution in [0, 0.1) is 6.92 Å². The summed E-state index contributed by atoms with van der Waals surface area (Å²) in [6.07, 6.45) is 4.87. The molecule has 0 spiro atoms. The zero-order valence-electron chi connectivity index (χ0n) is 11.0. The average molecular weight is 263 g/mol. The molecule has 2 heterocycles. The monoisotopic (exact) mass is 263 g/mol. The van der Waals surface area contributed by atoms with Crippen molar-refractivity contribution < 1.29 is 9.21 Å². The van der Waals surface area contributed by atoms with E-state index in [2.05, 4.69) is 15.3 Å². The van der Waals surface area contributed by atoms with Gasteiger partial charge in [-0.25, -0.2) is 9.97 Å². The van der Waals surface area contributed by atoms with Gasteiger partial charge in [0.25, 0.3) is 5.91 Å². The molecule has 2 aromatic heterocycles. The molecule has 1 atom stereocenters. The van der Waals surface area contributed by atoms with Crippen molar-refractivity contribution >= 4 is 5.91 Å². The van der Waals surface area contributed by atoms with Crippen LogP contribution in [0.3, 0.4) is 0 Å². The molecule has 102 valence electrons. The third-order valence-corrected chi connectivity index (χ3v) is 2.61. The van der Waals surface area contributed by atoms with E-state index in [1.165, 1.54) is 0 Å². The zero-order chi connectivity index (χ0) is 13.8. The van der Waals surface area contributed by atoms with Gasteiger partial charge in [-0.2, -0.15) is 0 Å². The van der Waals surface area contributed by atoms with Crippen molar-refractivity contribution in [3.63, 3.8) is 0 Å². The van der Waals surface area contributed by atoms with E-state index in [0.29, 0.717) is 30.4 Å². The number of nitrogens with two attached hydrogens (primary N) is 1. The quantitative estimate of drug-likeness (QED) is 0.824. The second-order valence-electron chi connectivity index (χ2n) is 4.29. The molecule has 0 bridgehead atoms. The summed E-state index contributed by atoms with van der Waals surface area (Å²) in [6.45, 7) is 4.75. The Kier molecular flexibility index (Phi) is 3.96. The second kappa shape index (κ2) is 5.66. The van der Waals surface area contributed by atoms with Crippen LogP contribution in [0.4, 0.5) is 0 Å². The molecule has 19 heavy (non-hydrogen) atoms. The van der Waals surface area contributed by atoms with E-state index in [1.807, 2.05) is 0 Å². The number of hydrogen-bond acceptors (Lipinski definition) is 5. The van der Waals surface area contributed by atoms with Gasteiger partial charge in [-0.3, -0.25) is 4.79 Å². The van der Waals surface area contributed by atoms with Gasteiger partial charge in [0.05, 0.1) is 12.5 Å². The number of aromatic nitrogens is 3. The Balaban J connectivity index is 1.99. The van der Waals surface area contributed by atoms with Gasteiger partial charge in [0.1, 0.15) is 17.5 Å². The number of rotatable bonds is 5. The summed E-state index contributed by atoms with van der Waals surface area (Å²) in [5.41, 5.74) is 5.79. The molecule has 0 aliphatic rings. The molecule has 0 aliphatic carbocycles. The van der Waals surface area contributed by atoms with Crippen LogP contribution in [0.15, 0.2) is 23.1 Å². The van der Waals surface area contributed by atoms with Crippen molar-refractivity contribution in [2.75, 3.05) is 6.54 Å². The topological polar surface area (TPSA) is 99.0 Å². The van der Waals surface area contributed by atoms with Crippen LogP contribution in [-0.2, 0) is 6.54 Å². The lowest BCUT2D eigenvalue weighted by molar-refractivity contribution is 0.0929. The molecule has 3 N–H and O–H groups in total. The number of aryl methyl sites for hydroxylation is 1. The van der Waals surface area contributed by atoms with Crippen molar-refractivity contribution in [3.8, 4) is 0 Å². The van der Waals surface area contributed by atoms with Crippen molar-refractivity contribution in [2.45, 2.75) is 26.4 Å². The van der Waals surface area contributed by atoms with E-state index in [4.69, 9.17) is 10.2 Å². The van der Waals surface area contributed by atoms with E-state index in [1.54, 1.807) is 37.1 Å². The summed E-state index contributed by atoms with van der Waals surface area (Å²) >= 11 is 0. The van der Waals surface area contributed by atoms with Gasteiger partial charge >= 0.3 is 0 Å². The fourth-order valence-electron chi connectivity index (χ4n) is 1.65. The van der Waals surface area contributed by atoms with Gasteiger partial charge in [-0.05, 0) is 13.8 Å². The van der Waals surface area contributed by atoms with Crippen LogP contribution in [0.1, 0.15) is 35.1 Å². The van der Waals surface area contributed by atoms with Gasteiger partial charge < -0.3 is 20.0 Å². The lowest BCUT2D eigenvalue weighted by Crippen LogP contribution is -2.27. The Bertz CT molecular complexity index is 560. The number of carbonyl (C=O) groups is 1. The molecule has 0 aromatic carbocycles. The third kappa shape index (κ3) is 3.19. The predicted octanol–water partition coefficient (Wildman–Crippen LogP) is 0.629. The first kappa shape index (κ1) is 13.3. The van der Waals surface area contributed by atoms with Crippen molar-refractivity contribution in [1.29, 1.82) is 0 Å². The van der Waals surface area contributed by atoms with Gasteiger partial charge in [-0.15, -0.1) is 0 Å². The number of carbonyl (C=O) groups excluding carboxylic acids is 1. The number of nitrogens with zero attached hydrogens (tertiary/aromatic N) is 3. The molecule has 0 saturated carbocycles. The molecule has 7 nitrogen and oxygen atoms in total. The van der Waals surface area contributed by atoms with Crippen LogP contribution in [0.25, 0.3) is 0 Å². The molecule has 0 fully saturated rings. The summed E-state index contributed by atoms with van der Waals surface area (Å²) in [5, 5.41) is 2.78. The smallest absolute Gasteiger partial charge is 0.272 e. The maximum atomic E-state index is 12.0. The number of imidazole rings is 1. The summed E-state index contributed by atoms with van der Waals surface area (Å²) < 4.78 is 7.13. The van der Waals surface area contributed by atoms with Gasteiger partial charge in [-0.1, -0.05) is 0 Å². The fraction of sp³-hybridized carbons (Fsp3) is 0.417. The Labute approximate surface area is 110 Å². The maximum Gasteiger partial charge on any atom is 0.272 e.